The van der Waals surface area contributed by atoms with Crippen molar-refractivity contribution in [3.05, 3.63) is 11.1 Å². The first kappa shape index (κ1) is 11.5. The van der Waals surface area contributed by atoms with E-state index in [4.69, 9.17) is 11.6 Å². The third-order valence-electron chi connectivity index (χ3n) is 2.49. The van der Waals surface area contributed by atoms with Crippen LogP contribution < -0.4 is 4.78 Å². The smallest absolute Gasteiger partial charge is 0.206 e. The number of sulfonamides is 1. The van der Waals surface area contributed by atoms with Gasteiger partial charge in [-0.15, -0.1) is 11.3 Å². The summed E-state index contributed by atoms with van der Waals surface area (Å²) in [6.07, 6.45) is 1.91. The summed E-state index contributed by atoms with van der Waals surface area (Å²) >= 11 is 7.12. The van der Waals surface area contributed by atoms with Crippen LogP contribution in [0.4, 0.5) is 0 Å². The zero-order chi connectivity index (χ0) is 11.1. The molecule has 0 N–H and O–H groups in total. The van der Waals surface area contributed by atoms with E-state index in [-0.39, 0.29) is 0 Å². The summed E-state index contributed by atoms with van der Waals surface area (Å²) in [5.74, 6) is 0. The van der Waals surface area contributed by atoms with Gasteiger partial charge >= 0.3 is 0 Å². The van der Waals surface area contributed by atoms with Gasteiger partial charge in [0.15, 0.2) is 7.85 Å². The summed E-state index contributed by atoms with van der Waals surface area (Å²) in [7, 11) is -1.44. The Bertz CT molecular complexity index is 445. The molecule has 0 spiro atoms. The van der Waals surface area contributed by atoms with Crippen molar-refractivity contribution >= 4 is 45.6 Å². The average molecular weight is 264 g/mol. The number of halogens is 1. The molecule has 82 valence electrons. The molecule has 2 rings (SSSR count). The minimum absolute atomic E-state index is 0.368. The van der Waals surface area contributed by atoms with Crippen molar-refractivity contribution in [1.82, 2.24) is 4.31 Å². The second-order valence-electron chi connectivity index (χ2n) is 3.58. The fourth-order valence-electron chi connectivity index (χ4n) is 1.62. The highest BCUT2D eigenvalue weighted by atomic mass is 35.5. The highest BCUT2D eigenvalue weighted by molar-refractivity contribution is 7.91. The zero-order valence-corrected chi connectivity index (χ0v) is 10.8. The molecule has 3 nitrogen and oxygen atoms in total. The van der Waals surface area contributed by atoms with Crippen molar-refractivity contribution in [1.29, 1.82) is 0 Å². The van der Waals surface area contributed by atoms with Crippen LogP contribution in [0.1, 0.15) is 12.8 Å². The Hall–Kier alpha value is -0.0351. The van der Waals surface area contributed by atoms with Crippen LogP contribution in [-0.2, 0) is 10.0 Å². The monoisotopic (exact) mass is 263 g/mol. The molecule has 0 unspecified atom stereocenters. The van der Waals surface area contributed by atoms with E-state index < -0.39 is 10.0 Å². The molecule has 15 heavy (non-hydrogen) atoms. The summed E-state index contributed by atoms with van der Waals surface area (Å²) in [6.45, 7) is 1.27. The predicted octanol–water partition coefficient (Wildman–Crippen LogP) is 0.444. The van der Waals surface area contributed by atoms with Crippen LogP contribution in [0.2, 0.25) is 5.02 Å². The van der Waals surface area contributed by atoms with Crippen molar-refractivity contribution in [2.45, 2.75) is 17.1 Å². The van der Waals surface area contributed by atoms with Gasteiger partial charge in [0.25, 0.3) is 10.0 Å². The van der Waals surface area contributed by atoms with Gasteiger partial charge in [0.1, 0.15) is 4.21 Å². The normalized spacial score (nSPS) is 18.5. The lowest BCUT2D eigenvalue weighted by atomic mass is 10.1. The zero-order valence-electron chi connectivity index (χ0n) is 8.36. The van der Waals surface area contributed by atoms with Gasteiger partial charge in [-0.1, -0.05) is 11.6 Å². The molecule has 1 aliphatic heterocycles. The van der Waals surface area contributed by atoms with Crippen molar-refractivity contribution < 1.29 is 8.42 Å². The van der Waals surface area contributed by atoms with Crippen molar-refractivity contribution in [2.24, 2.45) is 0 Å². The minimum Gasteiger partial charge on any atom is -0.206 e. The summed E-state index contributed by atoms with van der Waals surface area (Å²) < 4.78 is 26.9. The second kappa shape index (κ2) is 4.09. The van der Waals surface area contributed by atoms with E-state index in [1.165, 1.54) is 15.6 Å². The van der Waals surface area contributed by atoms with Crippen LogP contribution in [0.3, 0.4) is 0 Å². The van der Waals surface area contributed by atoms with Crippen LogP contribution in [0.5, 0.6) is 0 Å². The van der Waals surface area contributed by atoms with Crippen molar-refractivity contribution in [3.8, 4) is 0 Å². The SMILES string of the molecule is Bc1sc(S(=O)(=O)N2CCCC2)cc1Cl. The first-order valence-corrected chi connectivity index (χ1v) is 7.41. The van der Waals surface area contributed by atoms with E-state index in [9.17, 15) is 8.42 Å². The first-order chi connectivity index (χ1) is 7.01. The summed E-state index contributed by atoms with van der Waals surface area (Å²) in [5, 5.41) is 0.540. The molecule has 1 saturated heterocycles. The van der Waals surface area contributed by atoms with Gasteiger partial charge in [0, 0.05) is 18.1 Å². The molecular weight excluding hydrogens is 252 g/mol. The molecule has 2 heterocycles. The molecular formula is C8H11BClNO2S2. The van der Waals surface area contributed by atoms with E-state index in [0.717, 1.165) is 17.6 Å². The average Bonchev–Trinajstić information content (AvgIpc) is 2.77. The third kappa shape index (κ3) is 2.09. The topological polar surface area (TPSA) is 37.4 Å². The predicted molar refractivity (Wildman–Crippen MR) is 65.5 cm³/mol. The number of nitrogens with zero attached hydrogens (tertiary/aromatic N) is 1. The molecule has 1 aromatic heterocycles. The number of thiophene rings is 1. The molecule has 7 heteroatoms. The lowest BCUT2D eigenvalue weighted by Crippen LogP contribution is -2.27. The maximum absolute atomic E-state index is 12.1. The maximum atomic E-state index is 12.1. The summed E-state index contributed by atoms with van der Waals surface area (Å²) in [4.78, 5) is 0. The van der Waals surface area contributed by atoms with E-state index in [1.807, 2.05) is 7.85 Å². The lowest BCUT2D eigenvalue weighted by molar-refractivity contribution is 0.479. The van der Waals surface area contributed by atoms with Crippen LogP contribution in [-0.4, -0.2) is 33.7 Å². The highest BCUT2D eigenvalue weighted by Crippen LogP contribution is 2.26. The maximum Gasteiger partial charge on any atom is 0.252 e. The first-order valence-electron chi connectivity index (χ1n) is 4.78. The summed E-state index contributed by atoms with van der Waals surface area (Å²) in [5.41, 5.74) is 0. The van der Waals surface area contributed by atoms with Gasteiger partial charge in [-0.25, -0.2) is 8.42 Å². The Kier molecular flexibility index (Phi) is 3.12. The number of hydrogen-bond donors (Lipinski definition) is 0. The Labute approximate surface area is 99.5 Å². The van der Waals surface area contributed by atoms with Gasteiger partial charge in [-0.05, 0) is 23.7 Å². The van der Waals surface area contributed by atoms with Crippen LogP contribution in [0, 0.1) is 0 Å². The van der Waals surface area contributed by atoms with Crippen LogP contribution >= 0.6 is 22.9 Å². The lowest BCUT2D eigenvalue weighted by Gasteiger charge is -2.13. The molecule has 0 amide bonds. The fraction of sp³-hybridized carbons (Fsp3) is 0.500. The van der Waals surface area contributed by atoms with E-state index in [1.54, 1.807) is 6.07 Å². The number of rotatable bonds is 2. The van der Waals surface area contributed by atoms with E-state index in [2.05, 4.69) is 0 Å². The second-order valence-corrected chi connectivity index (χ2v) is 7.41. The Morgan fingerprint density at radius 2 is 2.00 bits per heavy atom. The summed E-state index contributed by atoms with van der Waals surface area (Å²) in [6, 6.07) is 1.55. The van der Waals surface area contributed by atoms with Crippen molar-refractivity contribution in [2.75, 3.05) is 13.1 Å². The third-order valence-corrected chi connectivity index (χ3v) is 6.40. The van der Waals surface area contributed by atoms with Gasteiger partial charge in [-0.3, -0.25) is 0 Å². The quantitative estimate of drug-likeness (QED) is 0.727. The molecule has 1 fully saturated rings. The van der Waals surface area contributed by atoms with E-state index in [0.29, 0.717) is 22.3 Å². The molecule has 0 aromatic carbocycles. The van der Waals surface area contributed by atoms with Gasteiger partial charge in [0.2, 0.25) is 0 Å². The van der Waals surface area contributed by atoms with Gasteiger partial charge in [-0.2, -0.15) is 4.31 Å². The molecule has 0 saturated carbocycles. The largest absolute Gasteiger partial charge is 0.252 e. The molecule has 1 aromatic rings. The molecule has 0 aliphatic carbocycles. The van der Waals surface area contributed by atoms with E-state index >= 15 is 0 Å². The fourth-order valence-corrected chi connectivity index (χ4v) is 4.98. The molecule has 0 bridgehead atoms. The van der Waals surface area contributed by atoms with Crippen LogP contribution in [0.25, 0.3) is 0 Å². The molecule has 1 aliphatic rings. The standard InChI is InChI=1S/C8H11BClNO2S2/c9-8-6(10)5-7(14-8)15(12,13)11-3-1-2-4-11/h5H,1-4,9H2. The van der Waals surface area contributed by atoms with Gasteiger partial charge in [0.05, 0.1) is 0 Å². The molecule has 0 atom stereocenters. The Morgan fingerprint density at radius 3 is 2.47 bits per heavy atom. The molecule has 0 radical (unpaired) electrons. The Morgan fingerprint density at radius 1 is 1.40 bits per heavy atom. The Balaban J connectivity index is 2.36. The number of hydrogen-bond acceptors (Lipinski definition) is 3. The van der Waals surface area contributed by atoms with Crippen molar-refractivity contribution in [3.63, 3.8) is 0 Å². The minimum atomic E-state index is -3.27. The van der Waals surface area contributed by atoms with Crippen LogP contribution in [0.15, 0.2) is 10.3 Å². The highest BCUT2D eigenvalue weighted by Gasteiger charge is 2.28. The van der Waals surface area contributed by atoms with Gasteiger partial charge < -0.3 is 0 Å².